The molecule has 1 heterocycles. The number of benzene rings is 2. The molecule has 0 aromatic heterocycles. The predicted octanol–water partition coefficient (Wildman–Crippen LogP) is 3.00. The summed E-state index contributed by atoms with van der Waals surface area (Å²) in [5.41, 5.74) is 1.57. The molecule has 1 atom stereocenters. The van der Waals surface area contributed by atoms with Gasteiger partial charge in [0, 0.05) is 24.9 Å². The average Bonchev–Trinajstić information content (AvgIpc) is 2.74. The lowest BCUT2D eigenvalue weighted by atomic mass is 9.87. The van der Waals surface area contributed by atoms with Crippen LogP contribution in [-0.2, 0) is 4.79 Å². The number of nitro groups is 1. The van der Waals surface area contributed by atoms with Gasteiger partial charge in [-0.1, -0.05) is 30.3 Å². The summed E-state index contributed by atoms with van der Waals surface area (Å²) in [5.74, 6) is 0.136. The molecule has 0 saturated carbocycles. The Morgan fingerprint density at radius 2 is 1.79 bits per heavy atom. The zero-order chi connectivity index (χ0) is 20.1. The minimum Gasteiger partial charge on any atom is -0.388 e. The second kappa shape index (κ2) is 8.95. The van der Waals surface area contributed by atoms with Crippen LogP contribution in [-0.4, -0.2) is 47.5 Å². The number of hydrogen-bond acceptors (Lipinski definition) is 5. The van der Waals surface area contributed by atoms with Crippen molar-refractivity contribution in [2.45, 2.75) is 18.9 Å². The van der Waals surface area contributed by atoms with E-state index < -0.39 is 11.0 Å². The van der Waals surface area contributed by atoms with Gasteiger partial charge in [0.2, 0.25) is 5.91 Å². The van der Waals surface area contributed by atoms with Crippen molar-refractivity contribution in [1.29, 1.82) is 0 Å². The zero-order valence-electron chi connectivity index (χ0n) is 15.9. The van der Waals surface area contributed by atoms with Crippen LogP contribution in [0.5, 0.6) is 0 Å². The fourth-order valence-electron chi connectivity index (χ4n) is 3.59. The van der Waals surface area contributed by atoms with E-state index in [2.05, 4.69) is 4.90 Å². The fourth-order valence-corrected chi connectivity index (χ4v) is 3.59. The molecule has 1 N–H and O–H groups in total. The molecular formula is C21H25N3O4. The molecule has 7 heteroatoms. The maximum absolute atomic E-state index is 12.6. The van der Waals surface area contributed by atoms with Crippen LogP contribution in [0.3, 0.4) is 0 Å². The highest BCUT2D eigenvalue weighted by Crippen LogP contribution is 2.30. The summed E-state index contributed by atoms with van der Waals surface area (Å²) in [6.07, 6.45) is 1.21. The smallest absolute Gasteiger partial charge is 0.269 e. The SMILES string of the molecule is CN(C(=O)CN1CCC(C(O)c2ccccc2)CC1)c1ccc([N+](=O)[O-])cc1. The van der Waals surface area contributed by atoms with Gasteiger partial charge >= 0.3 is 0 Å². The number of rotatable bonds is 6. The van der Waals surface area contributed by atoms with Crippen molar-refractivity contribution in [3.63, 3.8) is 0 Å². The zero-order valence-corrected chi connectivity index (χ0v) is 15.9. The van der Waals surface area contributed by atoms with E-state index in [4.69, 9.17) is 0 Å². The Morgan fingerprint density at radius 3 is 2.36 bits per heavy atom. The summed E-state index contributed by atoms with van der Waals surface area (Å²) in [6.45, 7) is 1.81. The first-order valence-electron chi connectivity index (χ1n) is 9.42. The number of aliphatic hydroxyl groups excluding tert-OH is 1. The lowest BCUT2D eigenvalue weighted by molar-refractivity contribution is -0.384. The molecule has 1 unspecified atom stereocenters. The quantitative estimate of drug-likeness (QED) is 0.612. The number of nitro benzene ring substituents is 1. The number of likely N-dealkylation sites (N-methyl/N-ethyl adjacent to an activating group) is 1. The fraction of sp³-hybridized carbons (Fsp3) is 0.381. The third kappa shape index (κ3) is 4.74. The molecule has 1 fully saturated rings. The van der Waals surface area contributed by atoms with E-state index in [0.717, 1.165) is 31.5 Å². The molecule has 2 aromatic rings. The Labute approximate surface area is 164 Å². The van der Waals surface area contributed by atoms with Crippen LogP contribution in [0.25, 0.3) is 0 Å². The van der Waals surface area contributed by atoms with E-state index in [-0.39, 0.29) is 17.5 Å². The number of carbonyl (C=O) groups is 1. The standard InChI is InChI=1S/C21H25N3O4/c1-22(18-7-9-19(10-8-18)24(27)28)20(25)15-23-13-11-17(12-14-23)21(26)16-5-3-2-4-6-16/h2-10,17,21,26H,11-15H2,1H3. The van der Waals surface area contributed by atoms with Crippen molar-refractivity contribution in [2.24, 2.45) is 5.92 Å². The van der Waals surface area contributed by atoms with Crippen molar-refractivity contribution in [3.05, 3.63) is 70.3 Å². The molecule has 1 saturated heterocycles. The van der Waals surface area contributed by atoms with Crippen molar-refractivity contribution >= 4 is 17.3 Å². The Bertz CT molecular complexity index is 802. The van der Waals surface area contributed by atoms with E-state index in [1.54, 1.807) is 19.2 Å². The Morgan fingerprint density at radius 1 is 1.18 bits per heavy atom. The van der Waals surface area contributed by atoms with Crippen LogP contribution in [0.15, 0.2) is 54.6 Å². The van der Waals surface area contributed by atoms with Crippen molar-refractivity contribution in [2.75, 3.05) is 31.6 Å². The summed E-state index contributed by atoms with van der Waals surface area (Å²) in [6, 6.07) is 15.6. The second-order valence-corrected chi connectivity index (χ2v) is 7.20. The molecule has 0 aliphatic carbocycles. The van der Waals surface area contributed by atoms with E-state index in [1.807, 2.05) is 30.3 Å². The highest BCUT2D eigenvalue weighted by molar-refractivity contribution is 5.94. The highest BCUT2D eigenvalue weighted by Gasteiger charge is 2.27. The molecule has 0 spiro atoms. The highest BCUT2D eigenvalue weighted by atomic mass is 16.6. The van der Waals surface area contributed by atoms with E-state index in [9.17, 15) is 20.0 Å². The first kappa shape index (κ1) is 20.0. The summed E-state index contributed by atoms with van der Waals surface area (Å²) in [7, 11) is 1.68. The summed E-state index contributed by atoms with van der Waals surface area (Å²) in [4.78, 5) is 26.5. The minimum absolute atomic E-state index is 0.00338. The van der Waals surface area contributed by atoms with Crippen molar-refractivity contribution < 1.29 is 14.8 Å². The van der Waals surface area contributed by atoms with Crippen molar-refractivity contribution in [3.8, 4) is 0 Å². The van der Waals surface area contributed by atoms with Gasteiger partial charge < -0.3 is 10.0 Å². The maximum atomic E-state index is 12.6. The van der Waals surface area contributed by atoms with Gasteiger partial charge in [0.15, 0.2) is 0 Å². The summed E-state index contributed by atoms with van der Waals surface area (Å²) < 4.78 is 0. The Kier molecular flexibility index (Phi) is 6.38. The number of nitrogens with zero attached hydrogens (tertiary/aromatic N) is 3. The molecule has 3 rings (SSSR count). The van der Waals surface area contributed by atoms with Crippen molar-refractivity contribution in [1.82, 2.24) is 4.90 Å². The van der Waals surface area contributed by atoms with Crippen LogP contribution in [0, 0.1) is 16.0 Å². The third-order valence-corrected chi connectivity index (χ3v) is 5.40. The molecule has 7 nitrogen and oxygen atoms in total. The summed E-state index contributed by atoms with van der Waals surface area (Å²) >= 11 is 0. The van der Waals surface area contributed by atoms with Crippen LogP contribution in [0.4, 0.5) is 11.4 Å². The largest absolute Gasteiger partial charge is 0.388 e. The first-order valence-corrected chi connectivity index (χ1v) is 9.42. The first-order chi connectivity index (χ1) is 13.5. The van der Waals surface area contributed by atoms with Gasteiger partial charge in [0.25, 0.3) is 5.69 Å². The van der Waals surface area contributed by atoms with Crippen LogP contribution in [0.1, 0.15) is 24.5 Å². The van der Waals surface area contributed by atoms with Gasteiger partial charge in [-0.2, -0.15) is 0 Å². The predicted molar refractivity (Wildman–Crippen MR) is 107 cm³/mol. The molecule has 0 radical (unpaired) electrons. The van der Waals surface area contributed by atoms with Crippen LogP contribution < -0.4 is 4.90 Å². The van der Waals surface area contributed by atoms with E-state index in [0.29, 0.717) is 12.2 Å². The number of carbonyl (C=O) groups excluding carboxylic acids is 1. The van der Waals surface area contributed by atoms with Crippen LogP contribution >= 0.6 is 0 Å². The number of amides is 1. The molecule has 0 bridgehead atoms. The topological polar surface area (TPSA) is 86.9 Å². The number of aliphatic hydroxyl groups is 1. The normalized spacial score (nSPS) is 16.5. The minimum atomic E-state index is -0.471. The Balaban J connectivity index is 1.51. The number of anilines is 1. The molecule has 1 amide bonds. The van der Waals surface area contributed by atoms with E-state index >= 15 is 0 Å². The molecule has 1 aliphatic rings. The summed E-state index contributed by atoms with van der Waals surface area (Å²) in [5, 5.41) is 21.3. The average molecular weight is 383 g/mol. The molecule has 1 aliphatic heterocycles. The molecule has 148 valence electrons. The second-order valence-electron chi connectivity index (χ2n) is 7.20. The molecule has 2 aromatic carbocycles. The van der Waals surface area contributed by atoms with Gasteiger partial charge in [-0.25, -0.2) is 0 Å². The van der Waals surface area contributed by atoms with Crippen LogP contribution in [0.2, 0.25) is 0 Å². The third-order valence-electron chi connectivity index (χ3n) is 5.40. The number of hydrogen-bond donors (Lipinski definition) is 1. The lowest BCUT2D eigenvalue weighted by Crippen LogP contribution is -2.43. The Hall–Kier alpha value is -2.77. The maximum Gasteiger partial charge on any atom is 0.269 e. The number of piperidine rings is 1. The lowest BCUT2D eigenvalue weighted by Gasteiger charge is -2.34. The monoisotopic (exact) mass is 383 g/mol. The van der Waals surface area contributed by atoms with Gasteiger partial charge in [-0.3, -0.25) is 19.8 Å². The van der Waals surface area contributed by atoms with E-state index in [1.165, 1.54) is 17.0 Å². The van der Waals surface area contributed by atoms with Gasteiger partial charge in [-0.05, 0) is 49.5 Å². The van der Waals surface area contributed by atoms with Gasteiger partial charge in [0.05, 0.1) is 17.6 Å². The van der Waals surface area contributed by atoms with Gasteiger partial charge in [-0.15, -0.1) is 0 Å². The number of likely N-dealkylation sites (tertiary alicyclic amines) is 1. The molecule has 28 heavy (non-hydrogen) atoms. The number of non-ortho nitro benzene ring substituents is 1. The van der Waals surface area contributed by atoms with Gasteiger partial charge in [0.1, 0.15) is 0 Å². The molecular weight excluding hydrogens is 358 g/mol.